The number of halogens is 4. The molecule has 3 aromatic rings. The smallest absolute Gasteiger partial charge is 0.275 e. The lowest BCUT2D eigenvalue weighted by Crippen LogP contribution is -2.36. The molecule has 0 bridgehead atoms. The summed E-state index contributed by atoms with van der Waals surface area (Å²) in [4.78, 5) is 32.8. The number of carbonyl (C=O) groups is 1. The fraction of sp³-hybridized carbons (Fsp3) is 0.435. The van der Waals surface area contributed by atoms with Gasteiger partial charge in [0.05, 0.1) is 23.2 Å². The zero-order valence-corrected chi connectivity index (χ0v) is 18.4. The second kappa shape index (κ2) is 8.90. The lowest BCUT2D eigenvalue weighted by Gasteiger charge is -2.35. The number of anilines is 1. The van der Waals surface area contributed by atoms with E-state index in [1.165, 1.54) is 18.2 Å². The molecule has 2 aliphatic carbocycles. The lowest BCUT2D eigenvalue weighted by atomic mass is 9.80. The molecule has 12 heteroatoms. The Morgan fingerprint density at radius 1 is 1.20 bits per heavy atom. The summed E-state index contributed by atoms with van der Waals surface area (Å²) < 4.78 is 59.8. The van der Waals surface area contributed by atoms with Crippen LogP contribution in [0.15, 0.2) is 35.4 Å². The van der Waals surface area contributed by atoms with Crippen molar-refractivity contribution in [3.63, 3.8) is 0 Å². The molecule has 0 radical (unpaired) electrons. The Morgan fingerprint density at radius 3 is 2.57 bits per heavy atom. The van der Waals surface area contributed by atoms with Gasteiger partial charge in [0.2, 0.25) is 24.2 Å². The SMILES string of the molecule is O=C(Cn1nc(OC2CC(CC(F)F)C2)c2cc(C3(F)CC3)ccc2c1=O)Nc1ncc(F)cn1. The average molecular weight is 491 g/mol. The number of amides is 1. The van der Waals surface area contributed by atoms with Crippen molar-refractivity contribution in [3.8, 4) is 5.88 Å². The highest BCUT2D eigenvalue weighted by molar-refractivity contribution is 5.90. The molecular formula is C23H21F4N5O3. The molecule has 2 fully saturated rings. The van der Waals surface area contributed by atoms with Crippen LogP contribution >= 0.6 is 0 Å². The standard InChI is InChI=1S/C23H21F4N5O3/c24-14-9-28-22(29-10-14)30-19(33)11-32-21(34)16-2-1-13(23(27)3-4-23)8-17(16)20(31-32)35-15-5-12(6-15)7-18(25)26/h1-2,8-10,12,15,18H,3-7,11H2,(H,28,29,30,33). The summed E-state index contributed by atoms with van der Waals surface area (Å²) in [5, 5.41) is 7.02. The van der Waals surface area contributed by atoms with Gasteiger partial charge in [-0.3, -0.25) is 14.9 Å². The van der Waals surface area contributed by atoms with Crippen LogP contribution in [0.1, 0.15) is 37.7 Å². The largest absolute Gasteiger partial charge is 0.473 e. The maximum absolute atomic E-state index is 14.7. The number of alkyl halides is 3. The number of aromatic nitrogens is 4. The van der Waals surface area contributed by atoms with Crippen LogP contribution in [0, 0.1) is 11.7 Å². The molecule has 0 spiro atoms. The van der Waals surface area contributed by atoms with E-state index in [1.807, 2.05) is 0 Å². The maximum atomic E-state index is 14.7. The predicted octanol–water partition coefficient (Wildman–Crippen LogP) is 3.74. The van der Waals surface area contributed by atoms with E-state index in [9.17, 15) is 27.2 Å². The summed E-state index contributed by atoms with van der Waals surface area (Å²) in [6.07, 6.45) is 0.328. The van der Waals surface area contributed by atoms with Gasteiger partial charge in [-0.05, 0) is 49.3 Å². The highest BCUT2D eigenvalue weighted by Gasteiger charge is 2.45. The highest BCUT2D eigenvalue weighted by atomic mass is 19.3. The van der Waals surface area contributed by atoms with Crippen LogP contribution in [-0.4, -0.2) is 38.2 Å². The lowest BCUT2D eigenvalue weighted by molar-refractivity contribution is -0.117. The molecule has 0 aliphatic heterocycles. The molecule has 5 rings (SSSR count). The molecular weight excluding hydrogens is 470 g/mol. The molecule has 1 N–H and O–H groups in total. The third kappa shape index (κ3) is 4.96. The zero-order chi connectivity index (χ0) is 24.7. The molecule has 0 atom stereocenters. The number of ether oxygens (including phenoxy) is 1. The summed E-state index contributed by atoms with van der Waals surface area (Å²) >= 11 is 0. The second-order valence-corrected chi connectivity index (χ2v) is 8.97. The van der Waals surface area contributed by atoms with E-state index in [4.69, 9.17) is 4.74 Å². The van der Waals surface area contributed by atoms with Gasteiger partial charge in [0.25, 0.3) is 5.56 Å². The van der Waals surface area contributed by atoms with Gasteiger partial charge in [0.15, 0.2) is 5.82 Å². The minimum atomic E-state index is -2.40. The first-order valence-corrected chi connectivity index (χ1v) is 11.2. The van der Waals surface area contributed by atoms with E-state index in [-0.39, 0.29) is 35.7 Å². The summed E-state index contributed by atoms with van der Waals surface area (Å²) in [6, 6.07) is 4.52. The predicted molar refractivity (Wildman–Crippen MR) is 116 cm³/mol. The Hall–Kier alpha value is -3.57. The molecule has 8 nitrogen and oxygen atoms in total. The average Bonchev–Trinajstić information content (AvgIpc) is 3.54. The molecule has 2 aromatic heterocycles. The number of fused-ring (bicyclic) bond motifs is 1. The number of rotatable bonds is 8. The fourth-order valence-corrected chi connectivity index (χ4v) is 4.18. The van der Waals surface area contributed by atoms with E-state index in [0.717, 1.165) is 17.1 Å². The summed E-state index contributed by atoms with van der Waals surface area (Å²) in [7, 11) is 0. The van der Waals surface area contributed by atoms with Crippen LogP contribution < -0.4 is 15.6 Å². The van der Waals surface area contributed by atoms with Gasteiger partial charge in [-0.25, -0.2) is 32.2 Å². The van der Waals surface area contributed by atoms with Crippen LogP contribution in [-0.2, 0) is 17.0 Å². The second-order valence-electron chi connectivity index (χ2n) is 8.97. The Morgan fingerprint density at radius 2 is 1.91 bits per heavy atom. The van der Waals surface area contributed by atoms with Crippen LogP contribution in [0.2, 0.25) is 0 Å². The number of nitrogens with one attached hydrogen (secondary N) is 1. The topological polar surface area (TPSA) is 99.0 Å². The molecule has 184 valence electrons. The van der Waals surface area contributed by atoms with Crippen molar-refractivity contribution in [3.05, 3.63) is 52.3 Å². The van der Waals surface area contributed by atoms with Crippen molar-refractivity contribution in [1.29, 1.82) is 0 Å². The van der Waals surface area contributed by atoms with E-state index in [0.29, 0.717) is 36.6 Å². The van der Waals surface area contributed by atoms with Gasteiger partial charge in [-0.15, -0.1) is 5.10 Å². The molecule has 0 saturated heterocycles. The third-order valence-corrected chi connectivity index (χ3v) is 6.28. The van der Waals surface area contributed by atoms with Gasteiger partial charge in [0, 0.05) is 6.42 Å². The minimum Gasteiger partial charge on any atom is -0.473 e. The molecule has 1 aromatic carbocycles. The fourth-order valence-electron chi connectivity index (χ4n) is 4.18. The van der Waals surface area contributed by atoms with Gasteiger partial charge in [0.1, 0.15) is 18.3 Å². The Balaban J connectivity index is 1.43. The van der Waals surface area contributed by atoms with Crippen LogP contribution in [0.5, 0.6) is 5.88 Å². The Kier molecular flexibility index (Phi) is 5.89. The molecule has 1 amide bonds. The van der Waals surface area contributed by atoms with E-state index in [2.05, 4.69) is 20.4 Å². The van der Waals surface area contributed by atoms with E-state index in [1.54, 1.807) is 0 Å². The molecule has 2 saturated carbocycles. The van der Waals surface area contributed by atoms with Crippen molar-refractivity contribution in [1.82, 2.24) is 19.7 Å². The van der Waals surface area contributed by atoms with Crippen molar-refractivity contribution in [2.75, 3.05) is 5.32 Å². The summed E-state index contributed by atoms with van der Waals surface area (Å²) in [6.45, 7) is -0.515. The monoisotopic (exact) mass is 491 g/mol. The number of hydrogen-bond acceptors (Lipinski definition) is 6. The van der Waals surface area contributed by atoms with Crippen LogP contribution in [0.4, 0.5) is 23.5 Å². The van der Waals surface area contributed by atoms with Crippen molar-refractivity contribution >= 4 is 22.6 Å². The first kappa shape index (κ1) is 23.2. The van der Waals surface area contributed by atoms with Crippen LogP contribution in [0.3, 0.4) is 0 Å². The first-order chi connectivity index (χ1) is 16.7. The van der Waals surface area contributed by atoms with Gasteiger partial charge >= 0.3 is 0 Å². The first-order valence-electron chi connectivity index (χ1n) is 11.2. The summed E-state index contributed by atoms with van der Waals surface area (Å²) in [5.41, 5.74) is -1.64. The van der Waals surface area contributed by atoms with Gasteiger partial charge < -0.3 is 4.74 Å². The normalized spacial score (nSPS) is 20.5. The number of benzene rings is 1. The molecule has 2 aliphatic rings. The van der Waals surface area contributed by atoms with E-state index >= 15 is 0 Å². The zero-order valence-electron chi connectivity index (χ0n) is 18.4. The molecule has 35 heavy (non-hydrogen) atoms. The highest BCUT2D eigenvalue weighted by Crippen LogP contribution is 2.50. The third-order valence-electron chi connectivity index (χ3n) is 6.28. The van der Waals surface area contributed by atoms with Gasteiger partial charge in [-0.2, -0.15) is 0 Å². The van der Waals surface area contributed by atoms with Gasteiger partial charge in [-0.1, -0.05) is 6.07 Å². The molecule has 2 heterocycles. The summed E-state index contributed by atoms with van der Waals surface area (Å²) in [5.74, 6) is -1.66. The number of carbonyl (C=O) groups excluding carboxylic acids is 1. The molecule has 0 unspecified atom stereocenters. The quantitative estimate of drug-likeness (QED) is 0.482. The number of nitrogens with zero attached hydrogens (tertiary/aromatic N) is 4. The Bertz CT molecular complexity index is 1320. The Labute approximate surface area is 196 Å². The van der Waals surface area contributed by atoms with E-state index < -0.39 is 35.9 Å². The minimum absolute atomic E-state index is 0.0250. The van der Waals surface area contributed by atoms with Crippen molar-refractivity contribution in [2.24, 2.45) is 5.92 Å². The van der Waals surface area contributed by atoms with Crippen molar-refractivity contribution in [2.45, 2.75) is 56.8 Å². The number of hydrogen-bond donors (Lipinski definition) is 1. The van der Waals surface area contributed by atoms with Crippen molar-refractivity contribution < 1.29 is 27.1 Å². The maximum Gasteiger partial charge on any atom is 0.275 e. The van der Waals surface area contributed by atoms with Crippen LogP contribution in [0.25, 0.3) is 10.8 Å².